The van der Waals surface area contributed by atoms with Gasteiger partial charge in [-0.3, -0.25) is 0 Å². The molecular formula is C14H18BrN3. The van der Waals surface area contributed by atoms with Crippen LogP contribution in [0.3, 0.4) is 0 Å². The molecule has 0 aliphatic carbocycles. The van der Waals surface area contributed by atoms with E-state index in [4.69, 9.17) is 5.26 Å². The van der Waals surface area contributed by atoms with Crippen LogP contribution >= 0.6 is 15.9 Å². The Balaban J connectivity index is 2.11. The molecule has 0 aromatic heterocycles. The zero-order valence-electron chi connectivity index (χ0n) is 10.9. The predicted molar refractivity (Wildman–Crippen MR) is 77.8 cm³/mol. The molecular weight excluding hydrogens is 290 g/mol. The lowest BCUT2D eigenvalue weighted by Gasteiger charge is -2.27. The monoisotopic (exact) mass is 307 g/mol. The second-order valence-corrected chi connectivity index (χ2v) is 5.88. The van der Waals surface area contributed by atoms with E-state index in [1.54, 1.807) is 0 Å². The summed E-state index contributed by atoms with van der Waals surface area (Å²) in [6.07, 6.45) is 2.55. The molecule has 1 saturated heterocycles. The van der Waals surface area contributed by atoms with Gasteiger partial charge in [-0.15, -0.1) is 0 Å². The van der Waals surface area contributed by atoms with E-state index in [0.29, 0.717) is 11.6 Å². The summed E-state index contributed by atoms with van der Waals surface area (Å²) < 4.78 is 0.961. The Morgan fingerprint density at radius 2 is 2.28 bits per heavy atom. The van der Waals surface area contributed by atoms with Crippen molar-refractivity contribution < 1.29 is 0 Å². The van der Waals surface area contributed by atoms with Crippen LogP contribution in [0.15, 0.2) is 22.7 Å². The van der Waals surface area contributed by atoms with Crippen molar-refractivity contribution in [3.05, 3.63) is 28.2 Å². The fraction of sp³-hybridized carbons (Fsp3) is 0.500. The zero-order chi connectivity index (χ0) is 13.1. The fourth-order valence-corrected chi connectivity index (χ4v) is 2.97. The highest BCUT2D eigenvalue weighted by Gasteiger charge is 2.22. The maximum Gasteiger partial charge on any atom is 0.0992 e. The van der Waals surface area contributed by atoms with Crippen molar-refractivity contribution in [2.24, 2.45) is 0 Å². The highest BCUT2D eigenvalue weighted by Crippen LogP contribution is 2.24. The number of anilines is 1. The molecule has 0 saturated carbocycles. The second kappa shape index (κ2) is 5.73. The van der Waals surface area contributed by atoms with Crippen LogP contribution in [0.25, 0.3) is 0 Å². The van der Waals surface area contributed by atoms with Gasteiger partial charge >= 0.3 is 0 Å². The van der Waals surface area contributed by atoms with Gasteiger partial charge in [-0.1, -0.05) is 15.9 Å². The summed E-state index contributed by atoms with van der Waals surface area (Å²) >= 11 is 3.46. The molecule has 96 valence electrons. The quantitative estimate of drug-likeness (QED) is 0.860. The minimum atomic E-state index is 0.625. The highest BCUT2D eigenvalue weighted by molar-refractivity contribution is 9.10. The summed E-state index contributed by atoms with van der Waals surface area (Å²) in [5, 5.41) is 9.00. The molecule has 1 unspecified atom stereocenters. The van der Waals surface area contributed by atoms with Crippen LogP contribution in [0.2, 0.25) is 0 Å². The molecule has 0 spiro atoms. The molecule has 0 amide bonds. The molecule has 1 heterocycles. The SMILES string of the molecule is CN(CC1CCCN1C)c1cc(Br)cc(C#N)c1. The summed E-state index contributed by atoms with van der Waals surface area (Å²) in [5.41, 5.74) is 1.80. The number of likely N-dealkylation sites (N-methyl/N-ethyl adjacent to an activating group) is 2. The van der Waals surface area contributed by atoms with Gasteiger partial charge in [-0.05, 0) is 44.6 Å². The van der Waals surface area contributed by atoms with Crippen LogP contribution in [0.5, 0.6) is 0 Å². The van der Waals surface area contributed by atoms with Crippen molar-refractivity contribution in [1.82, 2.24) is 4.90 Å². The number of likely N-dealkylation sites (tertiary alicyclic amines) is 1. The minimum Gasteiger partial charge on any atom is -0.373 e. The van der Waals surface area contributed by atoms with E-state index in [9.17, 15) is 0 Å². The average molecular weight is 308 g/mol. The standard InChI is InChI=1S/C14H18BrN3/c1-17-5-3-4-13(17)10-18(2)14-7-11(9-16)6-12(15)8-14/h6-8,13H,3-5,10H2,1-2H3. The molecule has 4 heteroatoms. The summed E-state index contributed by atoms with van der Waals surface area (Å²) in [4.78, 5) is 4.65. The third kappa shape index (κ3) is 3.04. The number of nitrogens with zero attached hydrogens (tertiary/aromatic N) is 3. The molecule has 1 fully saturated rings. The van der Waals surface area contributed by atoms with Crippen LogP contribution in [-0.4, -0.2) is 38.1 Å². The molecule has 18 heavy (non-hydrogen) atoms. The first-order chi connectivity index (χ1) is 8.60. The van der Waals surface area contributed by atoms with Gasteiger partial charge in [0, 0.05) is 29.8 Å². The Labute approximate surface area is 117 Å². The fourth-order valence-electron chi connectivity index (χ4n) is 2.49. The first-order valence-electron chi connectivity index (χ1n) is 6.22. The Morgan fingerprint density at radius 1 is 1.50 bits per heavy atom. The molecule has 0 radical (unpaired) electrons. The molecule has 1 atom stereocenters. The third-order valence-electron chi connectivity index (χ3n) is 3.61. The van der Waals surface area contributed by atoms with E-state index in [2.05, 4.69) is 52.0 Å². The van der Waals surface area contributed by atoms with Gasteiger partial charge in [-0.25, -0.2) is 0 Å². The summed E-state index contributed by atoms with van der Waals surface area (Å²) in [6, 6.07) is 8.68. The predicted octanol–water partition coefficient (Wildman–Crippen LogP) is 2.85. The lowest BCUT2D eigenvalue weighted by molar-refractivity contribution is 0.314. The topological polar surface area (TPSA) is 30.3 Å². The molecule has 1 aliphatic rings. The highest BCUT2D eigenvalue weighted by atomic mass is 79.9. The van der Waals surface area contributed by atoms with Gasteiger partial charge in [-0.2, -0.15) is 5.26 Å². The van der Waals surface area contributed by atoms with Gasteiger partial charge in [0.25, 0.3) is 0 Å². The number of nitriles is 1. The molecule has 1 aliphatic heterocycles. The number of hydrogen-bond donors (Lipinski definition) is 0. The Kier molecular flexibility index (Phi) is 4.26. The summed E-state index contributed by atoms with van der Waals surface area (Å²) in [5.74, 6) is 0. The summed E-state index contributed by atoms with van der Waals surface area (Å²) in [7, 11) is 4.28. The van der Waals surface area contributed by atoms with Crippen LogP contribution in [0.1, 0.15) is 18.4 Å². The zero-order valence-corrected chi connectivity index (χ0v) is 12.4. The first-order valence-corrected chi connectivity index (χ1v) is 7.01. The van der Waals surface area contributed by atoms with Crippen molar-refractivity contribution in [3.8, 4) is 6.07 Å². The lowest BCUT2D eigenvalue weighted by Crippen LogP contribution is -2.36. The molecule has 1 aromatic rings. The van der Waals surface area contributed by atoms with Crippen molar-refractivity contribution in [2.45, 2.75) is 18.9 Å². The normalized spacial score (nSPS) is 19.8. The number of hydrogen-bond acceptors (Lipinski definition) is 3. The first kappa shape index (κ1) is 13.4. The van der Waals surface area contributed by atoms with Crippen molar-refractivity contribution in [1.29, 1.82) is 5.26 Å². The smallest absolute Gasteiger partial charge is 0.0992 e. The molecule has 1 aromatic carbocycles. The van der Waals surface area contributed by atoms with E-state index in [-0.39, 0.29) is 0 Å². The number of benzene rings is 1. The van der Waals surface area contributed by atoms with Crippen LogP contribution in [0, 0.1) is 11.3 Å². The Hall–Kier alpha value is -1.05. The maximum absolute atomic E-state index is 9.00. The van der Waals surface area contributed by atoms with Crippen molar-refractivity contribution in [2.75, 3.05) is 32.1 Å². The second-order valence-electron chi connectivity index (χ2n) is 4.97. The van der Waals surface area contributed by atoms with E-state index in [1.165, 1.54) is 19.4 Å². The van der Waals surface area contributed by atoms with Crippen LogP contribution in [-0.2, 0) is 0 Å². The Morgan fingerprint density at radius 3 is 2.89 bits per heavy atom. The third-order valence-corrected chi connectivity index (χ3v) is 4.07. The average Bonchev–Trinajstić information content (AvgIpc) is 2.74. The number of halogens is 1. The maximum atomic E-state index is 9.00. The summed E-state index contributed by atoms with van der Waals surface area (Å²) in [6.45, 7) is 2.21. The largest absolute Gasteiger partial charge is 0.373 e. The van der Waals surface area contributed by atoms with Crippen LogP contribution < -0.4 is 4.90 Å². The molecule has 3 nitrogen and oxygen atoms in total. The van der Waals surface area contributed by atoms with Gasteiger partial charge in [0.1, 0.15) is 0 Å². The van der Waals surface area contributed by atoms with Crippen LogP contribution in [0.4, 0.5) is 5.69 Å². The molecule has 0 N–H and O–H groups in total. The van der Waals surface area contributed by atoms with Gasteiger partial charge in [0.15, 0.2) is 0 Å². The Bertz CT molecular complexity index is 467. The lowest BCUT2D eigenvalue weighted by atomic mass is 10.1. The molecule has 2 rings (SSSR count). The van der Waals surface area contributed by atoms with E-state index in [0.717, 1.165) is 16.7 Å². The van der Waals surface area contributed by atoms with Gasteiger partial charge in [0.05, 0.1) is 11.6 Å². The van der Waals surface area contributed by atoms with Gasteiger partial charge < -0.3 is 9.80 Å². The van der Waals surface area contributed by atoms with Gasteiger partial charge in [0.2, 0.25) is 0 Å². The molecule has 0 bridgehead atoms. The minimum absolute atomic E-state index is 0.625. The van der Waals surface area contributed by atoms with E-state index < -0.39 is 0 Å². The van der Waals surface area contributed by atoms with Crippen molar-refractivity contribution in [3.63, 3.8) is 0 Å². The van der Waals surface area contributed by atoms with E-state index >= 15 is 0 Å². The van der Waals surface area contributed by atoms with E-state index in [1.807, 2.05) is 12.1 Å². The number of rotatable bonds is 3. The van der Waals surface area contributed by atoms with Crippen molar-refractivity contribution >= 4 is 21.6 Å².